The highest BCUT2D eigenvalue weighted by molar-refractivity contribution is 7.07. The normalized spacial score (nSPS) is 26.7. The van der Waals surface area contributed by atoms with Crippen molar-refractivity contribution < 1.29 is 4.79 Å². The van der Waals surface area contributed by atoms with Crippen molar-refractivity contribution in [2.75, 3.05) is 6.54 Å². The zero-order chi connectivity index (χ0) is 11.2. The molecule has 0 aromatic carbocycles. The Morgan fingerprint density at radius 3 is 3.00 bits per heavy atom. The highest BCUT2D eigenvalue weighted by Gasteiger charge is 2.59. The molecular formula is C12H16N2OS. The smallest absolute Gasteiger partial charge is 0.244 e. The van der Waals surface area contributed by atoms with Crippen LogP contribution in [0.1, 0.15) is 37.9 Å². The van der Waals surface area contributed by atoms with E-state index in [0.29, 0.717) is 5.91 Å². The van der Waals surface area contributed by atoms with Crippen LogP contribution in [0.3, 0.4) is 0 Å². The third kappa shape index (κ3) is 1.40. The van der Waals surface area contributed by atoms with Crippen LogP contribution in [0.15, 0.2) is 16.8 Å². The Labute approximate surface area is 99.5 Å². The summed E-state index contributed by atoms with van der Waals surface area (Å²) in [5.41, 5.74) is 1.04. The summed E-state index contributed by atoms with van der Waals surface area (Å²) in [6.45, 7) is 2.98. The molecule has 1 aromatic rings. The standard InChI is InChI=1S/C12H16N2OS/c1-2-6-14-10(9-3-7-16-8-9)13-12(4-5-12)11(14)15/h3,7-8,10,13H,2,4-6H2,1H3. The molecule has 2 fully saturated rings. The maximum Gasteiger partial charge on any atom is 0.244 e. The molecule has 3 nitrogen and oxygen atoms in total. The van der Waals surface area contributed by atoms with E-state index in [9.17, 15) is 4.79 Å². The molecule has 1 amide bonds. The molecule has 1 aromatic heterocycles. The second-order valence-corrected chi connectivity index (χ2v) is 5.46. The van der Waals surface area contributed by atoms with Gasteiger partial charge in [0.05, 0.1) is 0 Å². The van der Waals surface area contributed by atoms with E-state index >= 15 is 0 Å². The topological polar surface area (TPSA) is 32.3 Å². The van der Waals surface area contributed by atoms with Crippen LogP contribution in [-0.2, 0) is 4.79 Å². The molecule has 2 heterocycles. The monoisotopic (exact) mass is 236 g/mol. The summed E-state index contributed by atoms with van der Waals surface area (Å²) in [6, 6.07) is 2.11. The molecule has 1 unspecified atom stereocenters. The van der Waals surface area contributed by atoms with Gasteiger partial charge in [0.25, 0.3) is 0 Å². The van der Waals surface area contributed by atoms with E-state index in [1.165, 1.54) is 5.56 Å². The first-order valence-electron chi connectivity index (χ1n) is 5.88. The Morgan fingerprint density at radius 2 is 2.44 bits per heavy atom. The predicted molar refractivity (Wildman–Crippen MR) is 64.2 cm³/mol. The number of rotatable bonds is 3. The summed E-state index contributed by atoms with van der Waals surface area (Å²) in [5.74, 6) is 0.311. The molecule has 1 saturated carbocycles. The molecule has 0 bridgehead atoms. The van der Waals surface area contributed by atoms with Gasteiger partial charge in [-0.3, -0.25) is 10.1 Å². The van der Waals surface area contributed by atoms with Crippen LogP contribution in [-0.4, -0.2) is 22.9 Å². The van der Waals surface area contributed by atoms with Gasteiger partial charge >= 0.3 is 0 Å². The van der Waals surface area contributed by atoms with Crippen molar-refractivity contribution in [1.82, 2.24) is 10.2 Å². The second kappa shape index (κ2) is 3.57. The summed E-state index contributed by atoms with van der Waals surface area (Å²) in [5, 5.41) is 7.72. The van der Waals surface area contributed by atoms with Crippen LogP contribution in [0.2, 0.25) is 0 Å². The van der Waals surface area contributed by atoms with E-state index < -0.39 is 0 Å². The van der Waals surface area contributed by atoms with Crippen LogP contribution in [0, 0.1) is 0 Å². The Hall–Kier alpha value is -0.870. The van der Waals surface area contributed by atoms with Gasteiger partial charge in [0.1, 0.15) is 11.7 Å². The Morgan fingerprint density at radius 1 is 1.62 bits per heavy atom. The number of thiophene rings is 1. The largest absolute Gasteiger partial charge is 0.321 e. The van der Waals surface area contributed by atoms with Gasteiger partial charge in [-0.15, -0.1) is 0 Å². The number of amides is 1. The van der Waals surface area contributed by atoms with Crippen molar-refractivity contribution in [1.29, 1.82) is 0 Å². The summed E-state index contributed by atoms with van der Waals surface area (Å²) >= 11 is 1.69. The van der Waals surface area contributed by atoms with Crippen molar-refractivity contribution in [3.63, 3.8) is 0 Å². The van der Waals surface area contributed by atoms with E-state index in [2.05, 4.69) is 29.1 Å². The first-order valence-corrected chi connectivity index (χ1v) is 6.82. The highest BCUT2D eigenvalue weighted by Crippen LogP contribution is 2.46. The first-order chi connectivity index (χ1) is 7.77. The van der Waals surface area contributed by atoms with Gasteiger partial charge in [0.2, 0.25) is 5.91 Å². The fraction of sp³-hybridized carbons (Fsp3) is 0.583. The van der Waals surface area contributed by atoms with E-state index in [1.807, 2.05) is 4.90 Å². The highest BCUT2D eigenvalue weighted by atomic mass is 32.1. The molecule has 3 rings (SSSR count). The lowest BCUT2D eigenvalue weighted by Crippen LogP contribution is -2.32. The number of carbonyl (C=O) groups excluding carboxylic acids is 1. The summed E-state index contributed by atoms with van der Waals surface area (Å²) in [4.78, 5) is 14.3. The number of hydrogen-bond donors (Lipinski definition) is 1. The van der Waals surface area contributed by atoms with Crippen molar-refractivity contribution in [2.24, 2.45) is 0 Å². The van der Waals surface area contributed by atoms with Crippen LogP contribution in [0.4, 0.5) is 0 Å². The summed E-state index contributed by atoms with van der Waals surface area (Å²) < 4.78 is 0. The molecule has 1 aliphatic carbocycles. The maximum absolute atomic E-state index is 12.3. The Balaban J connectivity index is 1.89. The minimum Gasteiger partial charge on any atom is -0.321 e. The average molecular weight is 236 g/mol. The van der Waals surface area contributed by atoms with Crippen molar-refractivity contribution in [3.05, 3.63) is 22.4 Å². The molecule has 86 valence electrons. The van der Waals surface area contributed by atoms with E-state index in [0.717, 1.165) is 25.8 Å². The van der Waals surface area contributed by atoms with Crippen LogP contribution < -0.4 is 5.32 Å². The third-order valence-corrected chi connectivity index (χ3v) is 4.17. The number of nitrogens with one attached hydrogen (secondary N) is 1. The molecular weight excluding hydrogens is 220 g/mol. The second-order valence-electron chi connectivity index (χ2n) is 4.68. The van der Waals surface area contributed by atoms with Crippen LogP contribution in [0.25, 0.3) is 0 Å². The average Bonchev–Trinajstić information content (AvgIpc) is 2.76. The van der Waals surface area contributed by atoms with Crippen LogP contribution >= 0.6 is 11.3 Å². The molecule has 1 aliphatic heterocycles. The molecule has 0 radical (unpaired) electrons. The number of nitrogens with zero attached hydrogens (tertiary/aromatic N) is 1. The Kier molecular flexibility index (Phi) is 2.30. The minimum absolute atomic E-state index is 0.112. The quantitative estimate of drug-likeness (QED) is 0.872. The van der Waals surface area contributed by atoms with Crippen molar-refractivity contribution in [2.45, 2.75) is 37.9 Å². The first kappa shape index (κ1) is 10.3. The zero-order valence-corrected chi connectivity index (χ0v) is 10.2. The molecule has 4 heteroatoms. The van der Waals surface area contributed by atoms with E-state index in [4.69, 9.17) is 0 Å². The fourth-order valence-electron chi connectivity index (χ4n) is 2.44. The fourth-order valence-corrected chi connectivity index (χ4v) is 3.12. The van der Waals surface area contributed by atoms with Crippen molar-refractivity contribution in [3.8, 4) is 0 Å². The maximum atomic E-state index is 12.3. The SMILES string of the molecule is CCCN1C(=O)C2(CC2)NC1c1ccsc1. The van der Waals surface area contributed by atoms with Gasteiger partial charge in [-0.1, -0.05) is 6.92 Å². The van der Waals surface area contributed by atoms with Gasteiger partial charge in [-0.05, 0) is 41.7 Å². The number of carbonyl (C=O) groups is 1. The summed E-state index contributed by atoms with van der Waals surface area (Å²) in [6.07, 6.45) is 3.14. The van der Waals surface area contributed by atoms with Gasteiger partial charge in [-0.25, -0.2) is 0 Å². The van der Waals surface area contributed by atoms with E-state index in [1.54, 1.807) is 11.3 Å². The lowest BCUT2D eigenvalue weighted by Gasteiger charge is -2.22. The number of hydrogen-bond acceptors (Lipinski definition) is 3. The van der Waals surface area contributed by atoms with Crippen LogP contribution in [0.5, 0.6) is 0 Å². The minimum atomic E-state index is -0.193. The molecule has 2 aliphatic rings. The third-order valence-electron chi connectivity index (χ3n) is 3.47. The van der Waals surface area contributed by atoms with Gasteiger partial charge in [-0.2, -0.15) is 11.3 Å². The lowest BCUT2D eigenvalue weighted by atomic mass is 10.2. The summed E-state index contributed by atoms with van der Waals surface area (Å²) in [7, 11) is 0. The predicted octanol–water partition coefficient (Wildman–Crippen LogP) is 2.12. The van der Waals surface area contributed by atoms with Gasteiger partial charge < -0.3 is 4.90 Å². The van der Waals surface area contributed by atoms with Gasteiger partial charge in [0, 0.05) is 6.54 Å². The van der Waals surface area contributed by atoms with Crippen molar-refractivity contribution >= 4 is 17.2 Å². The Bertz CT molecular complexity index is 397. The molecule has 1 atom stereocenters. The molecule has 16 heavy (non-hydrogen) atoms. The molecule has 1 N–H and O–H groups in total. The molecule has 1 spiro atoms. The van der Waals surface area contributed by atoms with Gasteiger partial charge in [0.15, 0.2) is 0 Å². The lowest BCUT2D eigenvalue weighted by molar-refractivity contribution is -0.130. The van der Waals surface area contributed by atoms with E-state index in [-0.39, 0.29) is 11.7 Å². The molecule has 1 saturated heterocycles. The zero-order valence-electron chi connectivity index (χ0n) is 9.40.